The van der Waals surface area contributed by atoms with Gasteiger partial charge in [-0.25, -0.2) is 0 Å². The second-order valence-electron chi connectivity index (χ2n) is 7.87. The summed E-state index contributed by atoms with van der Waals surface area (Å²) in [7, 11) is 0. The predicted molar refractivity (Wildman–Crippen MR) is 66.6 cm³/mol. The molecule has 2 aliphatic heterocycles. The molecule has 6 rings (SSSR count). The first-order valence-electron chi connectivity index (χ1n) is 7.93. The summed E-state index contributed by atoms with van der Waals surface area (Å²) in [4.78, 5) is 24.4. The van der Waals surface area contributed by atoms with Gasteiger partial charge in [-0.05, 0) is 25.7 Å². The van der Waals surface area contributed by atoms with Crippen molar-refractivity contribution in [2.75, 3.05) is 0 Å². The van der Waals surface area contributed by atoms with E-state index in [9.17, 15) is 9.59 Å². The summed E-state index contributed by atoms with van der Waals surface area (Å²) in [6.45, 7) is 3.48. The summed E-state index contributed by atoms with van der Waals surface area (Å²) in [6.07, 6.45) is 1.07. The Balaban J connectivity index is 1.55. The number of carbonyl (C=O) groups is 2. The number of Topliss-reactive ketones (excluding diaryl/α,β-unsaturated/α-hetero) is 2. The third-order valence-corrected chi connectivity index (χ3v) is 7.46. The minimum atomic E-state index is 0.137. The van der Waals surface area contributed by atoms with Crippen LogP contribution in [0.3, 0.4) is 0 Å². The molecule has 2 heterocycles. The number of ether oxygens (including phenoxy) is 2. The predicted octanol–water partition coefficient (Wildman–Crippen LogP) is 0.683. The number of epoxide rings is 2. The van der Waals surface area contributed by atoms with E-state index in [2.05, 4.69) is 0 Å². The molecule has 0 spiro atoms. The maximum Gasteiger partial charge on any atom is 0.133 e. The average Bonchev–Trinajstić information content (AvgIpc) is 3.19. The van der Waals surface area contributed by atoms with Crippen molar-refractivity contribution in [1.29, 1.82) is 0 Å². The Morgan fingerprint density at radius 2 is 0.900 bits per heavy atom. The standard InChI is InChI=1S/C16H18O4/c1-3(17)5-9-7-8-10(5)14-16(20-14)12(8)6(4(2)18)11(7)15-13(9)19-15/h5-16H,1-2H3/t5?,6?,7?,8?,9-,10+,11+,12-,13-,14-,15+,16-/m0/s1. The Kier molecular flexibility index (Phi) is 1.59. The minimum absolute atomic E-state index is 0.137. The van der Waals surface area contributed by atoms with Crippen LogP contribution < -0.4 is 0 Å². The topological polar surface area (TPSA) is 59.2 Å². The smallest absolute Gasteiger partial charge is 0.133 e. The molecule has 4 saturated carbocycles. The molecule has 2 saturated heterocycles. The zero-order chi connectivity index (χ0) is 13.5. The van der Waals surface area contributed by atoms with Gasteiger partial charge in [-0.2, -0.15) is 0 Å². The molecule has 0 bridgehead atoms. The van der Waals surface area contributed by atoms with E-state index in [1.54, 1.807) is 13.8 Å². The normalized spacial score (nSPS) is 69.5. The molecule has 12 atom stereocenters. The second-order valence-corrected chi connectivity index (χ2v) is 7.87. The van der Waals surface area contributed by atoms with Crippen LogP contribution in [0.5, 0.6) is 0 Å². The molecule has 0 radical (unpaired) electrons. The Hall–Kier alpha value is -0.740. The average molecular weight is 274 g/mol. The maximum absolute atomic E-state index is 12.2. The van der Waals surface area contributed by atoms with Gasteiger partial charge in [0.2, 0.25) is 0 Å². The van der Waals surface area contributed by atoms with Crippen molar-refractivity contribution in [2.45, 2.75) is 38.3 Å². The first-order valence-corrected chi connectivity index (χ1v) is 7.93. The fourth-order valence-electron chi connectivity index (χ4n) is 7.30. The van der Waals surface area contributed by atoms with Crippen LogP contribution in [0.4, 0.5) is 0 Å². The minimum Gasteiger partial charge on any atom is -0.369 e. The summed E-state index contributed by atoms with van der Waals surface area (Å²) in [5.74, 6) is 3.57. The van der Waals surface area contributed by atoms with Crippen LogP contribution >= 0.6 is 0 Å². The molecule has 0 aromatic heterocycles. The van der Waals surface area contributed by atoms with Gasteiger partial charge < -0.3 is 9.47 Å². The lowest BCUT2D eigenvalue weighted by Gasteiger charge is -2.25. The molecule has 0 aromatic rings. The van der Waals surface area contributed by atoms with Crippen LogP contribution in [0.15, 0.2) is 0 Å². The van der Waals surface area contributed by atoms with Gasteiger partial charge in [-0.1, -0.05) is 0 Å². The molecule has 106 valence electrons. The zero-order valence-electron chi connectivity index (χ0n) is 11.6. The lowest BCUT2D eigenvalue weighted by molar-refractivity contribution is -0.125. The molecule has 6 aliphatic rings. The van der Waals surface area contributed by atoms with Crippen molar-refractivity contribution in [2.24, 2.45) is 47.3 Å². The van der Waals surface area contributed by atoms with Gasteiger partial charge in [0.05, 0.1) is 24.4 Å². The van der Waals surface area contributed by atoms with Crippen molar-refractivity contribution >= 4 is 11.6 Å². The highest BCUT2D eigenvalue weighted by molar-refractivity contribution is 5.83. The zero-order valence-corrected chi connectivity index (χ0v) is 11.6. The van der Waals surface area contributed by atoms with Gasteiger partial charge in [-0.15, -0.1) is 0 Å². The van der Waals surface area contributed by atoms with Crippen molar-refractivity contribution < 1.29 is 19.1 Å². The van der Waals surface area contributed by atoms with Crippen molar-refractivity contribution in [3.8, 4) is 0 Å². The van der Waals surface area contributed by atoms with E-state index in [4.69, 9.17) is 9.47 Å². The Morgan fingerprint density at radius 3 is 1.15 bits per heavy atom. The first kappa shape index (κ1) is 10.9. The molecule has 4 aliphatic carbocycles. The fraction of sp³-hybridized carbons (Fsp3) is 0.875. The summed E-state index contributed by atoms with van der Waals surface area (Å²) in [6, 6.07) is 0. The van der Waals surface area contributed by atoms with E-state index in [1.165, 1.54) is 0 Å². The maximum atomic E-state index is 12.2. The van der Waals surface area contributed by atoms with Gasteiger partial charge in [0.15, 0.2) is 0 Å². The molecule has 4 heteroatoms. The Labute approximate surface area is 117 Å². The lowest BCUT2D eigenvalue weighted by atomic mass is 9.80. The highest BCUT2D eigenvalue weighted by Gasteiger charge is 2.84. The molecule has 0 amide bonds. The third-order valence-electron chi connectivity index (χ3n) is 7.46. The van der Waals surface area contributed by atoms with E-state index in [-0.39, 0.29) is 36.3 Å². The number of fused-ring (bicyclic) bond motifs is 6. The monoisotopic (exact) mass is 274 g/mol. The van der Waals surface area contributed by atoms with Gasteiger partial charge in [0.1, 0.15) is 11.6 Å². The van der Waals surface area contributed by atoms with E-state index in [0.717, 1.165) is 0 Å². The highest BCUT2D eigenvalue weighted by atomic mass is 16.6. The molecule has 6 fully saturated rings. The van der Waals surface area contributed by atoms with Crippen LogP contribution in [0.2, 0.25) is 0 Å². The van der Waals surface area contributed by atoms with Gasteiger partial charge in [-0.3, -0.25) is 9.59 Å². The number of rotatable bonds is 2. The van der Waals surface area contributed by atoms with E-state index >= 15 is 0 Å². The molecule has 4 nitrogen and oxygen atoms in total. The van der Waals surface area contributed by atoms with Crippen LogP contribution in [0, 0.1) is 47.3 Å². The summed E-state index contributed by atoms with van der Waals surface area (Å²) in [5.41, 5.74) is 0. The van der Waals surface area contributed by atoms with E-state index in [1.807, 2.05) is 0 Å². The number of hydrogen-bond donors (Lipinski definition) is 0. The van der Waals surface area contributed by atoms with Crippen molar-refractivity contribution in [3.63, 3.8) is 0 Å². The van der Waals surface area contributed by atoms with Crippen LogP contribution in [0.25, 0.3) is 0 Å². The van der Waals surface area contributed by atoms with Crippen molar-refractivity contribution in [3.05, 3.63) is 0 Å². The number of ketones is 2. The van der Waals surface area contributed by atoms with E-state index in [0.29, 0.717) is 47.1 Å². The third kappa shape index (κ3) is 0.899. The largest absolute Gasteiger partial charge is 0.369 e. The van der Waals surface area contributed by atoms with Crippen molar-refractivity contribution in [1.82, 2.24) is 0 Å². The Morgan fingerprint density at radius 1 is 0.600 bits per heavy atom. The molecule has 0 aromatic carbocycles. The number of carbonyl (C=O) groups excluding carboxylic acids is 2. The van der Waals surface area contributed by atoms with Gasteiger partial charge in [0.25, 0.3) is 0 Å². The summed E-state index contributed by atoms with van der Waals surface area (Å²) < 4.78 is 11.8. The van der Waals surface area contributed by atoms with E-state index < -0.39 is 0 Å². The fourth-order valence-corrected chi connectivity index (χ4v) is 7.30. The second kappa shape index (κ2) is 2.91. The molecule has 0 N–H and O–H groups in total. The van der Waals surface area contributed by atoms with Gasteiger partial charge >= 0.3 is 0 Å². The first-order chi connectivity index (χ1) is 9.61. The van der Waals surface area contributed by atoms with Crippen LogP contribution in [0.1, 0.15) is 13.8 Å². The quantitative estimate of drug-likeness (QED) is 0.695. The Bertz CT molecular complexity index is 489. The SMILES string of the molecule is CC(=O)C1[C@@H]2C3C4[C@@H](C(C(C)=O)[C@@H]3[C@@H]3O[C@H]23)[C@@H]2O[C@H]2[C@@H]14. The van der Waals surface area contributed by atoms with Crippen LogP contribution in [-0.4, -0.2) is 36.0 Å². The highest BCUT2D eigenvalue weighted by Crippen LogP contribution is 2.78. The summed E-state index contributed by atoms with van der Waals surface area (Å²) >= 11 is 0. The molecular weight excluding hydrogens is 256 g/mol. The molecule has 4 unspecified atom stereocenters. The number of hydrogen-bond acceptors (Lipinski definition) is 4. The molecule has 20 heavy (non-hydrogen) atoms. The van der Waals surface area contributed by atoms with Gasteiger partial charge in [0, 0.05) is 35.5 Å². The molecular formula is C16H18O4. The lowest BCUT2D eigenvalue weighted by Crippen LogP contribution is -2.31. The summed E-state index contributed by atoms with van der Waals surface area (Å²) in [5, 5.41) is 0. The van der Waals surface area contributed by atoms with Crippen LogP contribution in [-0.2, 0) is 19.1 Å².